The molecule has 4 aliphatic carbocycles. The number of hydrogen-bond acceptors (Lipinski definition) is 4. The summed E-state index contributed by atoms with van der Waals surface area (Å²) in [4.78, 5) is 0. The Balaban J connectivity index is 1.55. The summed E-state index contributed by atoms with van der Waals surface area (Å²) in [5, 5.41) is 12.1. The molecule has 5 nitrogen and oxygen atoms in total. The van der Waals surface area contributed by atoms with E-state index >= 15 is 0 Å². The lowest BCUT2D eigenvalue weighted by Crippen LogP contribution is -2.52. The summed E-state index contributed by atoms with van der Waals surface area (Å²) in [6, 6.07) is 7.82. The van der Waals surface area contributed by atoms with E-state index in [0.29, 0.717) is 24.2 Å². The molecule has 7 heteroatoms. The highest BCUT2D eigenvalue weighted by molar-refractivity contribution is 7.70. The van der Waals surface area contributed by atoms with E-state index in [1.165, 1.54) is 164 Å². The highest BCUT2D eigenvalue weighted by atomic mass is 31.2. The Bertz CT molecular complexity index is 1260. The Hall–Kier alpha value is -0.860. The first-order valence-corrected chi connectivity index (χ1v) is 23.2. The first-order chi connectivity index (χ1) is 23.7. The highest BCUT2D eigenvalue weighted by Crippen LogP contribution is 2.56. The Morgan fingerprint density at radius 1 is 0.540 bits per heavy atom. The zero-order valence-electron chi connectivity index (χ0n) is 33.7. The number of rotatable bonds is 8. The molecule has 4 aliphatic rings. The van der Waals surface area contributed by atoms with Gasteiger partial charge in [0.25, 0.3) is 0 Å². The first-order valence-electron chi connectivity index (χ1n) is 21.1. The largest absolute Gasteiger partial charge is 0.259 e. The molecule has 0 amide bonds. The van der Waals surface area contributed by atoms with Crippen molar-refractivity contribution in [2.75, 3.05) is 0 Å². The molecule has 0 atom stereocenters. The van der Waals surface area contributed by atoms with Crippen molar-refractivity contribution in [3.63, 3.8) is 0 Å². The van der Waals surface area contributed by atoms with Crippen LogP contribution in [0.25, 0.3) is 5.69 Å². The normalized spacial score (nSPS) is 22.1. The van der Waals surface area contributed by atoms with Crippen molar-refractivity contribution in [1.82, 2.24) is 24.1 Å². The van der Waals surface area contributed by atoms with Gasteiger partial charge in [-0.1, -0.05) is 157 Å². The van der Waals surface area contributed by atoms with E-state index in [2.05, 4.69) is 88.2 Å². The molecule has 0 unspecified atom stereocenters. The molecular weight excluding hydrogens is 648 g/mol. The lowest BCUT2D eigenvalue weighted by molar-refractivity contribution is 0.135. The van der Waals surface area contributed by atoms with Crippen molar-refractivity contribution in [3.05, 3.63) is 28.8 Å². The molecule has 1 aromatic heterocycles. The molecule has 1 heterocycles. The Morgan fingerprint density at radius 3 is 1.18 bits per heavy atom. The minimum Gasteiger partial charge on any atom is -0.259 e. The van der Waals surface area contributed by atoms with Gasteiger partial charge in [-0.2, -0.15) is 4.44 Å². The van der Waals surface area contributed by atoms with E-state index < -0.39 is 8.22 Å². The van der Waals surface area contributed by atoms with E-state index in [0.717, 1.165) is 0 Å². The lowest BCUT2D eigenvalue weighted by atomic mass is 9.74. The maximum atomic E-state index is 5.43. The molecule has 0 radical (unpaired) electrons. The summed E-state index contributed by atoms with van der Waals surface area (Å²) in [6.45, 7) is 21.5. The number of nitrogens with zero attached hydrogens (tertiary/aromatic N) is 5. The summed E-state index contributed by atoms with van der Waals surface area (Å²) < 4.78 is 8.78. The fourth-order valence-electron chi connectivity index (χ4n) is 9.73. The molecule has 280 valence electrons. The third-order valence-corrected chi connectivity index (χ3v) is 16.8. The quantitative estimate of drug-likeness (QED) is 0.254. The smallest absolute Gasteiger partial charge is 0.164 e. The van der Waals surface area contributed by atoms with Crippen molar-refractivity contribution in [3.8, 4) is 5.69 Å². The maximum Gasteiger partial charge on any atom is 0.164 e. The van der Waals surface area contributed by atoms with Gasteiger partial charge in [-0.25, -0.2) is 0 Å². The van der Waals surface area contributed by atoms with Gasteiger partial charge in [-0.3, -0.25) is 9.34 Å². The van der Waals surface area contributed by atoms with E-state index in [-0.39, 0.29) is 16.2 Å². The van der Waals surface area contributed by atoms with Crippen LogP contribution in [0.5, 0.6) is 0 Å². The summed E-state index contributed by atoms with van der Waals surface area (Å²) in [5.41, 5.74) is 5.63. The zero-order chi connectivity index (χ0) is 35.7. The molecule has 4 fully saturated rings. The average Bonchev–Trinajstić information content (AvgIpc) is 3.58. The van der Waals surface area contributed by atoms with Gasteiger partial charge in [-0.05, 0) is 84.3 Å². The topological polar surface area (TPSA) is 37.2 Å². The van der Waals surface area contributed by atoms with Crippen LogP contribution in [-0.4, -0.2) is 48.3 Å². The van der Waals surface area contributed by atoms with Gasteiger partial charge in [0, 0.05) is 24.2 Å². The Labute approximate surface area is 310 Å². The summed E-state index contributed by atoms with van der Waals surface area (Å²) >= 11 is 0. The highest BCUT2D eigenvalue weighted by Gasteiger charge is 2.45. The van der Waals surface area contributed by atoms with Crippen molar-refractivity contribution in [1.29, 1.82) is 0 Å². The molecule has 2 aromatic rings. The van der Waals surface area contributed by atoms with Crippen molar-refractivity contribution < 1.29 is 0 Å². The van der Waals surface area contributed by atoms with E-state index in [4.69, 9.17) is 10.3 Å². The van der Waals surface area contributed by atoms with Crippen LogP contribution in [-0.2, 0) is 16.2 Å². The summed E-state index contributed by atoms with van der Waals surface area (Å²) in [6.07, 6.45) is 27.8. The van der Waals surface area contributed by atoms with Crippen LogP contribution < -0.4 is 5.17 Å². The summed E-state index contributed by atoms with van der Waals surface area (Å²) in [7, 11) is 0.476. The number of benzene rings is 1. The van der Waals surface area contributed by atoms with Crippen molar-refractivity contribution >= 4 is 21.7 Å². The predicted molar refractivity (Wildman–Crippen MR) is 218 cm³/mol. The minimum absolute atomic E-state index is 0.0123. The molecule has 0 bridgehead atoms. The van der Waals surface area contributed by atoms with Crippen LogP contribution in [0, 0.1) is 0 Å². The Kier molecular flexibility index (Phi) is 12.6. The molecule has 0 saturated heterocycles. The van der Waals surface area contributed by atoms with Crippen molar-refractivity contribution in [2.24, 2.45) is 0 Å². The maximum absolute atomic E-state index is 5.43. The van der Waals surface area contributed by atoms with Gasteiger partial charge < -0.3 is 0 Å². The van der Waals surface area contributed by atoms with Gasteiger partial charge in [-0.15, -0.1) is 5.10 Å². The third kappa shape index (κ3) is 8.91. The molecule has 4 saturated carbocycles. The minimum atomic E-state index is -0.728. The van der Waals surface area contributed by atoms with Gasteiger partial charge in [0.1, 0.15) is 8.22 Å². The number of hydrogen-bond donors (Lipinski definition) is 0. The van der Waals surface area contributed by atoms with Crippen molar-refractivity contribution in [2.45, 2.75) is 231 Å². The fourth-order valence-corrected chi connectivity index (χ4v) is 14.5. The third-order valence-electron chi connectivity index (χ3n) is 12.6. The molecule has 0 aliphatic heterocycles. The molecule has 50 heavy (non-hydrogen) atoms. The molecule has 1 aromatic carbocycles. The number of aromatic nitrogens is 3. The van der Waals surface area contributed by atoms with Crippen LogP contribution in [0.4, 0.5) is 0 Å². The molecule has 6 rings (SSSR count). The van der Waals surface area contributed by atoms with Crippen LogP contribution >= 0.6 is 16.6 Å². The SMILES string of the molecule is CC(C)(C)c1cc(C(C)(C)C)c(-n2nnc(P(N(C3CCCCC3)C3CCCCC3)N(C3CCCCC3)C3CCCCC3)p2)c(C(C)(C)C)c1. The van der Waals surface area contributed by atoms with E-state index in [1.54, 1.807) is 0 Å². The second-order valence-corrected chi connectivity index (χ2v) is 23.0. The standard InChI is InChI=1S/C43H73N5P2/c1-41(2,3)32-30-37(42(4,5)6)39(38(31-32)43(7,8)9)48-45-44-40(49-48)50(46(33-22-14-10-15-23-33)34-24-16-11-17-25-34)47(35-26-18-12-19-27-35)36-28-20-13-21-29-36/h30-31,33-36H,10-29H2,1-9H3. The van der Waals surface area contributed by atoms with Gasteiger partial charge in [0.05, 0.1) is 14.0 Å². The van der Waals surface area contributed by atoms with E-state index in [1.807, 2.05) is 0 Å². The van der Waals surface area contributed by atoms with E-state index in [9.17, 15) is 0 Å². The van der Waals surface area contributed by atoms with Crippen LogP contribution in [0.2, 0.25) is 0 Å². The molecule has 0 spiro atoms. The molecular formula is C43H73N5P2. The van der Waals surface area contributed by atoms with Crippen LogP contribution in [0.3, 0.4) is 0 Å². The second kappa shape index (κ2) is 16.2. The Morgan fingerprint density at radius 2 is 0.880 bits per heavy atom. The summed E-state index contributed by atoms with van der Waals surface area (Å²) in [5.74, 6) is 0. The van der Waals surface area contributed by atoms with Crippen LogP contribution in [0.1, 0.15) is 207 Å². The predicted octanol–water partition coefficient (Wildman–Crippen LogP) is 12.6. The fraction of sp³-hybridized carbons (Fsp3) is 0.837. The lowest BCUT2D eigenvalue weighted by Gasteiger charge is -2.53. The zero-order valence-corrected chi connectivity index (χ0v) is 35.5. The van der Waals surface area contributed by atoms with Gasteiger partial charge >= 0.3 is 0 Å². The van der Waals surface area contributed by atoms with Crippen LogP contribution in [0.15, 0.2) is 12.1 Å². The van der Waals surface area contributed by atoms with Gasteiger partial charge in [0.2, 0.25) is 0 Å². The second-order valence-electron chi connectivity index (χ2n) is 19.8. The monoisotopic (exact) mass is 722 g/mol. The average molecular weight is 722 g/mol. The molecule has 0 N–H and O–H groups in total. The first kappa shape index (κ1) is 38.9. The van der Waals surface area contributed by atoms with Gasteiger partial charge in [0.15, 0.2) is 5.17 Å².